The van der Waals surface area contributed by atoms with Gasteiger partial charge >= 0.3 is 0 Å². The Morgan fingerprint density at radius 2 is 2.31 bits per heavy atom. The van der Waals surface area contributed by atoms with Crippen LogP contribution in [0, 0.1) is 0 Å². The summed E-state index contributed by atoms with van der Waals surface area (Å²) in [5.74, 6) is 0.760. The Labute approximate surface area is 102 Å². The van der Waals surface area contributed by atoms with Crippen molar-refractivity contribution >= 4 is 29.1 Å². The summed E-state index contributed by atoms with van der Waals surface area (Å²) in [5.41, 5.74) is 7.40. The van der Waals surface area contributed by atoms with Gasteiger partial charge in [0.1, 0.15) is 0 Å². The molecule has 0 radical (unpaired) electrons. The lowest BCUT2D eigenvalue weighted by Gasteiger charge is -2.03. The lowest BCUT2D eigenvalue weighted by molar-refractivity contribution is 0.664. The molecule has 1 heterocycles. The van der Waals surface area contributed by atoms with E-state index in [9.17, 15) is 0 Å². The lowest BCUT2D eigenvalue weighted by Crippen LogP contribution is -1.94. The standard InChI is InChI=1S/C9H10ClN5S/c1-15-9(12-13-14-15)16-5-6-2-3-7(10)8(11)4-6/h2-4H,5,11H2,1H3. The van der Waals surface area contributed by atoms with Gasteiger partial charge in [-0.05, 0) is 28.1 Å². The van der Waals surface area contributed by atoms with Crippen molar-refractivity contribution in [1.29, 1.82) is 0 Å². The summed E-state index contributed by atoms with van der Waals surface area (Å²) in [6, 6.07) is 5.59. The Balaban J connectivity index is 2.05. The zero-order valence-corrected chi connectivity index (χ0v) is 10.2. The van der Waals surface area contributed by atoms with Gasteiger partial charge in [-0.25, -0.2) is 4.68 Å². The highest BCUT2D eigenvalue weighted by Crippen LogP contribution is 2.24. The molecule has 0 spiro atoms. The van der Waals surface area contributed by atoms with Gasteiger partial charge in [-0.1, -0.05) is 29.4 Å². The molecule has 0 fully saturated rings. The zero-order chi connectivity index (χ0) is 11.5. The Kier molecular flexibility index (Phi) is 3.31. The number of tetrazole rings is 1. The van der Waals surface area contributed by atoms with E-state index in [-0.39, 0.29) is 0 Å². The molecule has 0 saturated heterocycles. The Morgan fingerprint density at radius 1 is 1.50 bits per heavy atom. The van der Waals surface area contributed by atoms with Crippen molar-refractivity contribution < 1.29 is 0 Å². The van der Waals surface area contributed by atoms with E-state index in [0.717, 1.165) is 16.5 Å². The number of thioether (sulfide) groups is 1. The van der Waals surface area contributed by atoms with Crippen LogP contribution in [-0.4, -0.2) is 20.2 Å². The topological polar surface area (TPSA) is 69.6 Å². The quantitative estimate of drug-likeness (QED) is 0.668. The van der Waals surface area contributed by atoms with Crippen LogP contribution in [0.4, 0.5) is 5.69 Å². The van der Waals surface area contributed by atoms with Crippen molar-refractivity contribution in [3.05, 3.63) is 28.8 Å². The van der Waals surface area contributed by atoms with E-state index in [4.69, 9.17) is 17.3 Å². The summed E-state index contributed by atoms with van der Waals surface area (Å²) in [4.78, 5) is 0. The molecule has 2 aromatic rings. The number of aromatic nitrogens is 4. The van der Waals surface area contributed by atoms with Gasteiger partial charge in [0.05, 0.1) is 10.7 Å². The molecule has 84 valence electrons. The molecule has 0 aliphatic heterocycles. The fourth-order valence-electron chi connectivity index (χ4n) is 1.17. The summed E-state index contributed by atoms with van der Waals surface area (Å²) >= 11 is 7.39. The van der Waals surface area contributed by atoms with Crippen LogP contribution in [-0.2, 0) is 12.8 Å². The third-order valence-corrected chi connectivity index (χ3v) is 3.44. The molecule has 0 saturated carbocycles. The fourth-order valence-corrected chi connectivity index (χ4v) is 2.08. The second-order valence-electron chi connectivity index (χ2n) is 3.23. The first-order chi connectivity index (χ1) is 7.66. The number of rotatable bonds is 3. The molecular weight excluding hydrogens is 246 g/mol. The number of hydrogen-bond donors (Lipinski definition) is 1. The maximum atomic E-state index is 5.84. The van der Waals surface area contributed by atoms with Crippen molar-refractivity contribution in [2.24, 2.45) is 7.05 Å². The van der Waals surface area contributed by atoms with E-state index in [1.807, 2.05) is 12.1 Å². The van der Waals surface area contributed by atoms with Crippen LogP contribution in [0.25, 0.3) is 0 Å². The molecule has 0 amide bonds. The SMILES string of the molecule is Cn1nnnc1SCc1ccc(Cl)c(N)c1. The number of aryl methyl sites for hydroxylation is 1. The first kappa shape index (κ1) is 11.2. The van der Waals surface area contributed by atoms with Gasteiger partial charge in [0.2, 0.25) is 5.16 Å². The molecule has 0 unspecified atom stereocenters. The van der Waals surface area contributed by atoms with Crippen molar-refractivity contribution in [1.82, 2.24) is 20.2 Å². The van der Waals surface area contributed by atoms with Gasteiger partial charge in [-0.3, -0.25) is 0 Å². The molecule has 0 bridgehead atoms. The van der Waals surface area contributed by atoms with Gasteiger partial charge in [-0.2, -0.15) is 0 Å². The van der Waals surface area contributed by atoms with E-state index < -0.39 is 0 Å². The number of halogens is 1. The Bertz CT molecular complexity index is 498. The summed E-state index contributed by atoms with van der Waals surface area (Å²) < 4.78 is 1.63. The smallest absolute Gasteiger partial charge is 0.209 e. The lowest BCUT2D eigenvalue weighted by atomic mass is 10.2. The predicted octanol–water partition coefficient (Wildman–Crippen LogP) is 1.74. The highest BCUT2D eigenvalue weighted by Gasteiger charge is 2.04. The monoisotopic (exact) mass is 255 g/mol. The van der Waals surface area contributed by atoms with E-state index in [1.165, 1.54) is 0 Å². The number of nitrogen functional groups attached to an aromatic ring is 1. The summed E-state index contributed by atoms with van der Waals surface area (Å²) in [7, 11) is 1.80. The van der Waals surface area contributed by atoms with Crippen molar-refractivity contribution in [2.45, 2.75) is 10.9 Å². The second-order valence-corrected chi connectivity index (χ2v) is 4.58. The van der Waals surface area contributed by atoms with Crippen LogP contribution in [0.1, 0.15) is 5.56 Å². The highest BCUT2D eigenvalue weighted by molar-refractivity contribution is 7.98. The third-order valence-electron chi connectivity index (χ3n) is 2.01. The third kappa shape index (κ3) is 2.45. The van der Waals surface area contributed by atoms with E-state index >= 15 is 0 Å². The van der Waals surface area contributed by atoms with Gasteiger partial charge in [0, 0.05) is 12.8 Å². The van der Waals surface area contributed by atoms with Gasteiger partial charge in [-0.15, -0.1) is 5.10 Å². The molecule has 1 aromatic carbocycles. The van der Waals surface area contributed by atoms with Crippen molar-refractivity contribution in [3.8, 4) is 0 Å². The zero-order valence-electron chi connectivity index (χ0n) is 8.59. The van der Waals surface area contributed by atoms with Crippen LogP contribution in [0.5, 0.6) is 0 Å². The summed E-state index contributed by atoms with van der Waals surface area (Å²) in [5, 5.41) is 12.5. The largest absolute Gasteiger partial charge is 0.398 e. The maximum absolute atomic E-state index is 5.84. The summed E-state index contributed by atoms with van der Waals surface area (Å²) in [6.45, 7) is 0. The van der Waals surface area contributed by atoms with Gasteiger partial charge < -0.3 is 5.73 Å². The average molecular weight is 256 g/mol. The molecule has 5 nitrogen and oxygen atoms in total. The highest BCUT2D eigenvalue weighted by atomic mass is 35.5. The molecule has 2 N–H and O–H groups in total. The molecule has 0 aliphatic carbocycles. The molecule has 0 atom stereocenters. The fraction of sp³-hybridized carbons (Fsp3) is 0.222. The first-order valence-electron chi connectivity index (χ1n) is 4.56. The molecule has 7 heteroatoms. The average Bonchev–Trinajstić information content (AvgIpc) is 2.66. The first-order valence-corrected chi connectivity index (χ1v) is 5.92. The van der Waals surface area contributed by atoms with E-state index in [0.29, 0.717) is 10.7 Å². The maximum Gasteiger partial charge on any atom is 0.209 e. The van der Waals surface area contributed by atoms with Crippen LogP contribution < -0.4 is 5.73 Å². The number of benzene rings is 1. The minimum atomic E-state index is 0.578. The minimum absolute atomic E-state index is 0.578. The van der Waals surface area contributed by atoms with Crippen LogP contribution in [0.15, 0.2) is 23.4 Å². The van der Waals surface area contributed by atoms with Gasteiger partial charge in [0.15, 0.2) is 0 Å². The van der Waals surface area contributed by atoms with Crippen LogP contribution >= 0.6 is 23.4 Å². The predicted molar refractivity (Wildman–Crippen MR) is 64.2 cm³/mol. The summed E-state index contributed by atoms with van der Waals surface area (Å²) in [6.07, 6.45) is 0. The normalized spacial score (nSPS) is 10.6. The Hall–Kier alpha value is -1.27. The molecule has 0 aliphatic rings. The van der Waals surface area contributed by atoms with Crippen molar-refractivity contribution in [2.75, 3.05) is 5.73 Å². The van der Waals surface area contributed by atoms with E-state index in [1.54, 1.807) is 29.6 Å². The number of nitrogens with two attached hydrogens (primary N) is 1. The van der Waals surface area contributed by atoms with E-state index in [2.05, 4.69) is 15.5 Å². The van der Waals surface area contributed by atoms with Gasteiger partial charge in [0.25, 0.3) is 0 Å². The minimum Gasteiger partial charge on any atom is -0.398 e. The number of nitrogens with zero attached hydrogens (tertiary/aromatic N) is 4. The second kappa shape index (κ2) is 4.71. The molecule has 2 rings (SSSR count). The van der Waals surface area contributed by atoms with Crippen LogP contribution in [0.2, 0.25) is 5.02 Å². The molecule has 1 aromatic heterocycles. The number of anilines is 1. The van der Waals surface area contributed by atoms with Crippen LogP contribution in [0.3, 0.4) is 0 Å². The van der Waals surface area contributed by atoms with Crippen molar-refractivity contribution in [3.63, 3.8) is 0 Å². The molecular formula is C9H10ClN5S. The molecule has 16 heavy (non-hydrogen) atoms. The number of hydrogen-bond acceptors (Lipinski definition) is 5. The Morgan fingerprint density at radius 3 is 2.94 bits per heavy atom.